The Morgan fingerprint density at radius 1 is 1.20 bits per heavy atom. The molecule has 5 nitrogen and oxygen atoms in total. The Hall–Kier alpha value is -1.44. The molecule has 25 heavy (non-hydrogen) atoms. The normalized spacial score (nSPS) is 23.1. The summed E-state index contributed by atoms with van der Waals surface area (Å²) in [4.78, 5) is 14.1. The quantitative estimate of drug-likeness (QED) is 0.826. The highest BCUT2D eigenvalue weighted by atomic mass is 19.1. The number of nitrogens with zero attached hydrogens (tertiary/aromatic N) is 1. The van der Waals surface area contributed by atoms with E-state index >= 15 is 0 Å². The molecular formula is C18H25BFNO4. The minimum atomic E-state index is -0.659. The largest absolute Gasteiger partial charge is 0.494 e. The van der Waals surface area contributed by atoms with Crippen molar-refractivity contribution in [1.82, 2.24) is 4.90 Å². The maximum Gasteiger partial charge on any atom is 0.494 e. The molecular weight excluding hydrogens is 324 g/mol. The molecule has 1 amide bonds. The van der Waals surface area contributed by atoms with Crippen LogP contribution in [0.3, 0.4) is 0 Å². The van der Waals surface area contributed by atoms with Crippen LogP contribution in [0.15, 0.2) is 18.2 Å². The Bertz CT molecular complexity index is 655. The fraction of sp³-hybridized carbons (Fsp3) is 0.611. The molecule has 1 N–H and O–H groups in total. The number of carbonyl (C=O) groups excluding carboxylic acids is 1. The molecule has 0 spiro atoms. The summed E-state index contributed by atoms with van der Waals surface area (Å²) < 4.78 is 26.4. The average molecular weight is 349 g/mol. The van der Waals surface area contributed by atoms with Crippen LogP contribution in [0.2, 0.25) is 0 Å². The number of hydrogen-bond donors (Lipinski definition) is 1. The fourth-order valence-corrected chi connectivity index (χ4v) is 3.07. The predicted octanol–water partition coefficient (Wildman–Crippen LogP) is 1.72. The molecule has 2 aliphatic rings. The molecule has 0 radical (unpaired) electrons. The minimum absolute atomic E-state index is 0.0386. The van der Waals surface area contributed by atoms with E-state index in [4.69, 9.17) is 9.31 Å². The number of carbonyl (C=O) groups is 1. The third kappa shape index (κ3) is 3.45. The average Bonchev–Trinajstić information content (AvgIpc) is 2.75. The molecule has 0 unspecified atom stereocenters. The standard InChI is InChI=1S/C18H25BFNO4/c1-17(2)18(3,4)25-19(24-17)12-5-6-14(15(20)11-12)16(23)21-9-7-13(22)8-10-21/h5-6,11,13,22H,7-10H2,1-4H3. The lowest BCUT2D eigenvalue weighted by molar-refractivity contribution is 0.00578. The van der Waals surface area contributed by atoms with E-state index in [0.29, 0.717) is 31.4 Å². The van der Waals surface area contributed by atoms with Crippen molar-refractivity contribution in [3.05, 3.63) is 29.6 Å². The van der Waals surface area contributed by atoms with Gasteiger partial charge >= 0.3 is 7.12 Å². The number of hydrogen-bond acceptors (Lipinski definition) is 4. The molecule has 2 saturated heterocycles. The Kier molecular flexibility index (Phi) is 4.68. The maximum absolute atomic E-state index is 14.6. The van der Waals surface area contributed by atoms with Crippen LogP contribution in [-0.4, -0.2) is 53.4 Å². The van der Waals surface area contributed by atoms with Crippen molar-refractivity contribution in [3.63, 3.8) is 0 Å². The first-order valence-corrected chi connectivity index (χ1v) is 8.73. The SMILES string of the molecule is CC1(C)OB(c2ccc(C(=O)N3CCC(O)CC3)c(F)c2)OC1(C)C. The Morgan fingerprint density at radius 3 is 2.28 bits per heavy atom. The van der Waals surface area contributed by atoms with E-state index in [1.54, 1.807) is 11.0 Å². The first-order valence-electron chi connectivity index (χ1n) is 8.73. The molecule has 0 aliphatic carbocycles. The number of aliphatic hydroxyl groups is 1. The highest BCUT2D eigenvalue weighted by molar-refractivity contribution is 6.62. The van der Waals surface area contributed by atoms with Gasteiger partial charge in [0, 0.05) is 13.1 Å². The monoisotopic (exact) mass is 349 g/mol. The van der Waals surface area contributed by atoms with Crippen LogP contribution in [-0.2, 0) is 9.31 Å². The van der Waals surface area contributed by atoms with Crippen LogP contribution >= 0.6 is 0 Å². The topological polar surface area (TPSA) is 59.0 Å². The molecule has 2 heterocycles. The highest BCUT2D eigenvalue weighted by Crippen LogP contribution is 2.36. The Morgan fingerprint density at radius 2 is 1.76 bits per heavy atom. The van der Waals surface area contributed by atoms with Gasteiger partial charge in [-0.05, 0) is 58.1 Å². The van der Waals surface area contributed by atoms with Gasteiger partial charge in [-0.25, -0.2) is 4.39 Å². The van der Waals surface area contributed by atoms with E-state index in [2.05, 4.69) is 0 Å². The van der Waals surface area contributed by atoms with E-state index in [9.17, 15) is 14.3 Å². The van der Waals surface area contributed by atoms with E-state index < -0.39 is 24.1 Å². The molecule has 1 aromatic carbocycles. The molecule has 0 aromatic heterocycles. The summed E-state index contributed by atoms with van der Waals surface area (Å²) in [6, 6.07) is 4.48. The lowest BCUT2D eigenvalue weighted by atomic mass is 9.78. The van der Waals surface area contributed by atoms with E-state index in [1.165, 1.54) is 12.1 Å². The van der Waals surface area contributed by atoms with E-state index in [1.807, 2.05) is 27.7 Å². The van der Waals surface area contributed by atoms with Crippen molar-refractivity contribution in [2.75, 3.05) is 13.1 Å². The van der Waals surface area contributed by atoms with Gasteiger partial charge in [-0.3, -0.25) is 4.79 Å². The third-order valence-corrected chi connectivity index (χ3v) is 5.50. The third-order valence-electron chi connectivity index (χ3n) is 5.50. The molecule has 7 heteroatoms. The van der Waals surface area contributed by atoms with Crippen LogP contribution in [0.5, 0.6) is 0 Å². The lowest BCUT2D eigenvalue weighted by Crippen LogP contribution is -2.41. The van der Waals surface area contributed by atoms with Gasteiger partial charge < -0.3 is 19.3 Å². The van der Waals surface area contributed by atoms with E-state index in [-0.39, 0.29) is 17.6 Å². The van der Waals surface area contributed by atoms with Crippen LogP contribution in [0.1, 0.15) is 50.9 Å². The van der Waals surface area contributed by atoms with Gasteiger partial charge in [0.15, 0.2) is 0 Å². The number of likely N-dealkylation sites (tertiary alicyclic amines) is 1. The number of aliphatic hydroxyl groups excluding tert-OH is 1. The number of rotatable bonds is 2. The van der Waals surface area contributed by atoms with Gasteiger partial charge in [0.25, 0.3) is 5.91 Å². The van der Waals surface area contributed by atoms with Gasteiger partial charge in [-0.2, -0.15) is 0 Å². The van der Waals surface area contributed by atoms with Crippen LogP contribution < -0.4 is 5.46 Å². The smallest absolute Gasteiger partial charge is 0.399 e. The van der Waals surface area contributed by atoms with Crippen LogP contribution in [0.25, 0.3) is 0 Å². The van der Waals surface area contributed by atoms with E-state index in [0.717, 1.165) is 0 Å². The fourth-order valence-electron chi connectivity index (χ4n) is 3.07. The Labute approximate surface area is 148 Å². The molecule has 0 saturated carbocycles. The molecule has 3 rings (SSSR count). The van der Waals surface area contributed by atoms with Gasteiger partial charge in [-0.1, -0.05) is 6.07 Å². The summed E-state index contributed by atoms with van der Waals surface area (Å²) in [5.74, 6) is -0.923. The van der Waals surface area contributed by atoms with Crippen molar-refractivity contribution in [3.8, 4) is 0 Å². The summed E-state index contributed by atoms with van der Waals surface area (Å²) >= 11 is 0. The van der Waals surface area contributed by atoms with Gasteiger partial charge in [0.1, 0.15) is 5.82 Å². The first kappa shape index (κ1) is 18.4. The molecule has 1 aromatic rings. The summed E-state index contributed by atoms with van der Waals surface area (Å²) in [5, 5.41) is 9.54. The molecule has 136 valence electrons. The number of amides is 1. The lowest BCUT2D eigenvalue weighted by Gasteiger charge is -2.32. The van der Waals surface area contributed by atoms with Crippen molar-refractivity contribution < 1.29 is 23.6 Å². The van der Waals surface area contributed by atoms with Crippen LogP contribution in [0.4, 0.5) is 4.39 Å². The zero-order chi connectivity index (χ0) is 18.4. The Balaban J connectivity index is 1.77. The zero-order valence-corrected chi connectivity index (χ0v) is 15.2. The summed E-state index contributed by atoms with van der Waals surface area (Å²) in [6.45, 7) is 8.63. The second-order valence-corrected chi connectivity index (χ2v) is 7.85. The van der Waals surface area contributed by atoms with Gasteiger partial charge in [0.05, 0.1) is 22.9 Å². The van der Waals surface area contributed by atoms with Crippen molar-refractivity contribution in [1.29, 1.82) is 0 Å². The highest BCUT2D eigenvalue weighted by Gasteiger charge is 2.51. The summed E-state index contributed by atoms with van der Waals surface area (Å²) in [7, 11) is -0.659. The predicted molar refractivity (Wildman–Crippen MR) is 93.3 cm³/mol. The maximum atomic E-state index is 14.6. The minimum Gasteiger partial charge on any atom is -0.399 e. The molecule has 2 fully saturated rings. The van der Waals surface area contributed by atoms with Crippen molar-refractivity contribution in [2.24, 2.45) is 0 Å². The molecule has 2 aliphatic heterocycles. The molecule has 0 atom stereocenters. The van der Waals surface area contributed by atoms with Crippen molar-refractivity contribution in [2.45, 2.75) is 57.8 Å². The second kappa shape index (κ2) is 6.38. The number of piperidine rings is 1. The number of benzene rings is 1. The molecule has 0 bridgehead atoms. The van der Waals surface area contributed by atoms with Gasteiger partial charge in [0.2, 0.25) is 0 Å². The summed E-state index contributed by atoms with van der Waals surface area (Å²) in [6.07, 6.45) is 0.679. The zero-order valence-electron chi connectivity index (χ0n) is 15.2. The van der Waals surface area contributed by atoms with Gasteiger partial charge in [-0.15, -0.1) is 0 Å². The van der Waals surface area contributed by atoms with Crippen molar-refractivity contribution >= 4 is 18.5 Å². The number of halogens is 1. The summed E-state index contributed by atoms with van der Waals surface area (Å²) in [5.41, 5.74) is -0.410. The second-order valence-electron chi connectivity index (χ2n) is 7.85. The first-order chi connectivity index (χ1) is 11.6. The van der Waals surface area contributed by atoms with Crippen LogP contribution in [0, 0.1) is 5.82 Å².